The summed E-state index contributed by atoms with van der Waals surface area (Å²) in [4.78, 5) is 31.0. The Morgan fingerprint density at radius 2 is 1.79 bits per heavy atom. The van der Waals surface area contributed by atoms with Gasteiger partial charge in [0.2, 0.25) is 0 Å². The van der Waals surface area contributed by atoms with Crippen LogP contribution in [0.15, 0.2) is 59.4 Å². The number of hydrogen-bond donors (Lipinski definition) is 0. The number of carbonyl (C=O) groups is 1. The molecule has 1 aliphatic rings. The molecule has 0 N–H and O–H groups in total. The molecule has 0 bridgehead atoms. The molecule has 6 heteroatoms. The Morgan fingerprint density at radius 3 is 2.45 bits per heavy atom. The largest absolute Gasteiger partial charge is 0.467 e. The highest BCUT2D eigenvalue weighted by atomic mass is 16.5. The second kappa shape index (κ2) is 7.03. The lowest BCUT2D eigenvalue weighted by Crippen LogP contribution is -2.37. The third kappa shape index (κ3) is 2.99. The van der Waals surface area contributed by atoms with E-state index >= 15 is 0 Å². The lowest BCUT2D eigenvalue weighted by molar-refractivity contribution is -0.140. The SMILES string of the molecule is COC(=O)[C@@H]1N(n2c(CC(C)C)nc3ccccc3c2=O)[C@@]1(C)c1ccccc1. The third-order valence-electron chi connectivity index (χ3n) is 5.60. The fourth-order valence-corrected chi connectivity index (χ4v) is 4.09. The molecule has 4 rings (SSSR count). The highest BCUT2D eigenvalue weighted by Crippen LogP contribution is 2.48. The lowest BCUT2D eigenvalue weighted by Gasteiger charge is -2.20. The van der Waals surface area contributed by atoms with E-state index in [2.05, 4.69) is 13.8 Å². The van der Waals surface area contributed by atoms with Crippen LogP contribution in [0.2, 0.25) is 0 Å². The molecule has 0 radical (unpaired) electrons. The molecule has 0 unspecified atom stereocenters. The number of rotatable bonds is 5. The Labute approximate surface area is 169 Å². The van der Waals surface area contributed by atoms with Crippen molar-refractivity contribution in [2.24, 2.45) is 5.92 Å². The molecule has 2 heterocycles. The van der Waals surface area contributed by atoms with Crippen LogP contribution in [0.4, 0.5) is 0 Å². The Balaban J connectivity index is 1.95. The van der Waals surface area contributed by atoms with Gasteiger partial charge in [0.1, 0.15) is 11.4 Å². The minimum absolute atomic E-state index is 0.167. The van der Waals surface area contributed by atoms with Gasteiger partial charge in [0, 0.05) is 6.42 Å². The maximum Gasteiger partial charge on any atom is 0.333 e. The van der Waals surface area contributed by atoms with Gasteiger partial charge in [-0.15, -0.1) is 0 Å². The summed E-state index contributed by atoms with van der Waals surface area (Å²) in [5, 5.41) is 2.35. The van der Waals surface area contributed by atoms with Crippen molar-refractivity contribution in [3.63, 3.8) is 0 Å². The van der Waals surface area contributed by atoms with Gasteiger partial charge in [-0.3, -0.25) is 9.80 Å². The second-order valence-electron chi connectivity index (χ2n) is 8.04. The van der Waals surface area contributed by atoms with Crippen LogP contribution in [0, 0.1) is 5.92 Å². The van der Waals surface area contributed by atoms with E-state index < -0.39 is 11.6 Å². The summed E-state index contributed by atoms with van der Waals surface area (Å²) in [5.41, 5.74) is 0.765. The van der Waals surface area contributed by atoms with E-state index in [0.29, 0.717) is 29.1 Å². The predicted molar refractivity (Wildman–Crippen MR) is 112 cm³/mol. The second-order valence-corrected chi connectivity index (χ2v) is 8.04. The first kappa shape index (κ1) is 19.2. The molecule has 0 aliphatic carbocycles. The van der Waals surface area contributed by atoms with E-state index in [1.807, 2.05) is 60.5 Å². The zero-order valence-electron chi connectivity index (χ0n) is 17.1. The molecule has 1 fully saturated rings. The number of para-hydroxylation sites is 1. The first-order chi connectivity index (χ1) is 13.9. The standard InChI is InChI=1S/C23H25N3O3/c1-15(2)14-19-24-18-13-9-8-12-17(18)21(27)25(19)26-20(22(28)29-4)23(26,3)16-10-6-5-7-11-16/h5-13,15,20H,14H2,1-4H3/t20-,23-,26?/m0/s1. The average Bonchev–Trinajstić information content (AvgIpc) is 3.34. The molecular weight excluding hydrogens is 366 g/mol. The van der Waals surface area contributed by atoms with Crippen LogP contribution in [0.5, 0.6) is 0 Å². The molecule has 0 spiro atoms. The van der Waals surface area contributed by atoms with Crippen LogP contribution in [0.25, 0.3) is 10.9 Å². The summed E-state index contributed by atoms with van der Waals surface area (Å²) < 4.78 is 6.67. The number of esters is 1. The molecule has 1 saturated heterocycles. The summed E-state index contributed by atoms with van der Waals surface area (Å²) in [6, 6.07) is 16.5. The fourth-order valence-electron chi connectivity index (χ4n) is 4.09. The first-order valence-electron chi connectivity index (χ1n) is 9.83. The number of fused-ring (bicyclic) bond motifs is 1. The van der Waals surface area contributed by atoms with Gasteiger partial charge in [-0.2, -0.15) is 0 Å². The van der Waals surface area contributed by atoms with E-state index in [-0.39, 0.29) is 11.5 Å². The Bertz CT molecular complexity index is 1120. The number of ether oxygens (including phenoxy) is 1. The van der Waals surface area contributed by atoms with Gasteiger partial charge in [-0.05, 0) is 30.5 Å². The average molecular weight is 391 g/mol. The Kier molecular flexibility index (Phi) is 4.65. The zero-order chi connectivity index (χ0) is 20.8. The molecule has 6 nitrogen and oxygen atoms in total. The summed E-state index contributed by atoms with van der Waals surface area (Å²) >= 11 is 0. The van der Waals surface area contributed by atoms with Crippen molar-refractivity contribution < 1.29 is 9.53 Å². The number of benzene rings is 2. The van der Waals surface area contributed by atoms with Crippen LogP contribution < -0.4 is 10.6 Å². The van der Waals surface area contributed by atoms with Crippen LogP contribution >= 0.6 is 0 Å². The highest BCUT2D eigenvalue weighted by molar-refractivity contribution is 5.87. The fraction of sp³-hybridized carbons (Fsp3) is 0.348. The maximum absolute atomic E-state index is 13.5. The van der Waals surface area contributed by atoms with E-state index in [4.69, 9.17) is 9.72 Å². The van der Waals surface area contributed by atoms with Gasteiger partial charge in [0.25, 0.3) is 5.56 Å². The molecule has 2 aromatic carbocycles. The first-order valence-corrected chi connectivity index (χ1v) is 9.83. The summed E-state index contributed by atoms with van der Waals surface area (Å²) in [6.45, 7) is 6.13. The molecule has 1 aliphatic heterocycles. The predicted octanol–water partition coefficient (Wildman–Crippen LogP) is 3.00. The molecule has 0 saturated carbocycles. The van der Waals surface area contributed by atoms with Gasteiger partial charge in [0.15, 0.2) is 6.04 Å². The van der Waals surface area contributed by atoms with Crippen LogP contribution in [0.3, 0.4) is 0 Å². The molecule has 0 amide bonds. The number of methoxy groups -OCH3 is 1. The lowest BCUT2D eigenvalue weighted by atomic mass is 9.97. The number of aromatic nitrogens is 2. The maximum atomic E-state index is 13.5. The summed E-state index contributed by atoms with van der Waals surface area (Å²) in [5.74, 6) is 0.581. The number of hydrogen-bond acceptors (Lipinski definition) is 5. The van der Waals surface area contributed by atoms with Crippen molar-refractivity contribution in [3.05, 3.63) is 76.3 Å². The molecule has 3 aromatic rings. The van der Waals surface area contributed by atoms with Gasteiger partial charge in [-0.25, -0.2) is 14.5 Å². The van der Waals surface area contributed by atoms with Crippen LogP contribution in [-0.4, -0.2) is 28.8 Å². The Hall–Kier alpha value is -3.15. The minimum Gasteiger partial charge on any atom is -0.467 e. The van der Waals surface area contributed by atoms with E-state index in [1.54, 1.807) is 10.7 Å². The van der Waals surface area contributed by atoms with Crippen molar-refractivity contribution in [1.29, 1.82) is 0 Å². The third-order valence-corrected chi connectivity index (χ3v) is 5.60. The van der Waals surface area contributed by atoms with E-state index in [9.17, 15) is 9.59 Å². The van der Waals surface area contributed by atoms with Gasteiger partial charge >= 0.3 is 5.97 Å². The van der Waals surface area contributed by atoms with Gasteiger partial charge in [-0.1, -0.05) is 56.3 Å². The summed E-state index contributed by atoms with van der Waals surface area (Å²) in [6.07, 6.45) is 0.620. The summed E-state index contributed by atoms with van der Waals surface area (Å²) in [7, 11) is 1.38. The van der Waals surface area contributed by atoms with Crippen molar-refractivity contribution in [1.82, 2.24) is 9.66 Å². The minimum atomic E-state index is -0.686. The van der Waals surface area contributed by atoms with Crippen molar-refractivity contribution >= 4 is 16.9 Å². The van der Waals surface area contributed by atoms with Gasteiger partial charge < -0.3 is 4.74 Å². The van der Waals surface area contributed by atoms with Crippen molar-refractivity contribution in [2.75, 3.05) is 12.1 Å². The molecule has 150 valence electrons. The Morgan fingerprint density at radius 1 is 1.14 bits per heavy atom. The quantitative estimate of drug-likeness (QED) is 0.494. The number of nitrogens with zero attached hydrogens (tertiary/aromatic N) is 3. The van der Waals surface area contributed by atoms with Gasteiger partial charge in [0.05, 0.1) is 18.0 Å². The highest BCUT2D eigenvalue weighted by Gasteiger charge is 2.67. The molecular formula is C23H25N3O3. The van der Waals surface area contributed by atoms with Crippen LogP contribution in [0.1, 0.15) is 32.2 Å². The zero-order valence-corrected chi connectivity index (χ0v) is 17.1. The van der Waals surface area contributed by atoms with Crippen molar-refractivity contribution in [3.8, 4) is 0 Å². The topological polar surface area (TPSA) is 64.2 Å². The monoisotopic (exact) mass is 391 g/mol. The molecule has 29 heavy (non-hydrogen) atoms. The van der Waals surface area contributed by atoms with E-state index in [0.717, 1.165) is 5.56 Å². The molecule has 2 atom stereocenters. The molecule has 1 aromatic heterocycles. The number of carbonyl (C=O) groups excluding carboxylic acids is 1. The normalized spacial score (nSPS) is 20.9. The van der Waals surface area contributed by atoms with Crippen LogP contribution in [-0.2, 0) is 21.5 Å². The van der Waals surface area contributed by atoms with E-state index in [1.165, 1.54) is 7.11 Å². The van der Waals surface area contributed by atoms with Crippen molar-refractivity contribution in [2.45, 2.75) is 38.8 Å². The smallest absolute Gasteiger partial charge is 0.333 e.